The minimum Gasteiger partial charge on any atom is -0.465 e. The fraction of sp³-hybridized carbons (Fsp3) is 0.800. The van der Waals surface area contributed by atoms with Crippen LogP contribution in [0.5, 0.6) is 0 Å². The van der Waals surface area contributed by atoms with Gasteiger partial charge < -0.3 is 9.47 Å². The summed E-state index contributed by atoms with van der Waals surface area (Å²) in [7, 11) is 0. The number of rotatable bonds is 5. The van der Waals surface area contributed by atoms with Gasteiger partial charge in [-0.15, -0.1) is 0 Å². The summed E-state index contributed by atoms with van der Waals surface area (Å²) in [4.78, 5) is 12.2. The monoisotopic (exact) mass is 267 g/mol. The zero-order valence-corrected chi connectivity index (χ0v) is 11.8. The van der Waals surface area contributed by atoms with E-state index >= 15 is 0 Å². The van der Waals surface area contributed by atoms with Gasteiger partial charge in [0, 0.05) is 19.3 Å². The van der Waals surface area contributed by atoms with Crippen molar-refractivity contribution in [3.8, 4) is 0 Å². The van der Waals surface area contributed by atoms with E-state index in [9.17, 15) is 4.79 Å². The van der Waals surface area contributed by atoms with Crippen molar-refractivity contribution < 1.29 is 14.3 Å². The Balaban J connectivity index is 1.97. The van der Waals surface area contributed by atoms with E-state index in [4.69, 9.17) is 9.47 Å². The number of allylic oxidation sites excluding steroid dienone is 1. The molecule has 4 nitrogen and oxygen atoms in total. The van der Waals surface area contributed by atoms with Crippen LogP contribution in [0.3, 0.4) is 0 Å². The first-order chi connectivity index (χ1) is 9.31. The van der Waals surface area contributed by atoms with Crippen molar-refractivity contribution in [1.82, 2.24) is 5.32 Å². The molecule has 0 bridgehead atoms. The van der Waals surface area contributed by atoms with Crippen LogP contribution in [-0.4, -0.2) is 37.9 Å². The Morgan fingerprint density at radius 1 is 1.42 bits per heavy atom. The van der Waals surface area contributed by atoms with Crippen molar-refractivity contribution >= 4 is 5.97 Å². The first kappa shape index (κ1) is 14.5. The van der Waals surface area contributed by atoms with E-state index in [2.05, 4.69) is 17.5 Å². The molecule has 1 N–H and O–H groups in total. The number of carbonyl (C=O) groups is 1. The lowest BCUT2D eigenvalue weighted by Crippen LogP contribution is -2.49. The Kier molecular flexibility index (Phi) is 5.86. The van der Waals surface area contributed by atoms with E-state index in [-0.39, 0.29) is 12.0 Å². The molecule has 4 heteroatoms. The summed E-state index contributed by atoms with van der Waals surface area (Å²) in [6, 6.07) is 0.127. The molecule has 0 saturated carbocycles. The van der Waals surface area contributed by atoms with Crippen LogP contribution in [0, 0.1) is 5.92 Å². The maximum atomic E-state index is 12.2. The lowest BCUT2D eigenvalue weighted by molar-refractivity contribution is -0.148. The number of hydrogen-bond donors (Lipinski definition) is 1. The maximum absolute atomic E-state index is 12.2. The van der Waals surface area contributed by atoms with E-state index < -0.39 is 0 Å². The van der Waals surface area contributed by atoms with Crippen LogP contribution in [-0.2, 0) is 14.3 Å². The van der Waals surface area contributed by atoms with E-state index in [1.165, 1.54) is 6.42 Å². The van der Waals surface area contributed by atoms with Gasteiger partial charge in [-0.1, -0.05) is 12.2 Å². The summed E-state index contributed by atoms with van der Waals surface area (Å²) >= 11 is 0. The van der Waals surface area contributed by atoms with Crippen LogP contribution in [0.4, 0.5) is 0 Å². The molecular formula is C15H25NO3. The average Bonchev–Trinajstić information content (AvgIpc) is 2.47. The first-order valence-electron chi connectivity index (χ1n) is 7.48. The number of carbonyl (C=O) groups excluding carboxylic acids is 1. The Labute approximate surface area is 115 Å². The lowest BCUT2D eigenvalue weighted by atomic mass is 9.90. The Morgan fingerprint density at radius 2 is 2.21 bits per heavy atom. The molecule has 1 heterocycles. The zero-order valence-electron chi connectivity index (χ0n) is 11.8. The largest absolute Gasteiger partial charge is 0.465 e. The van der Waals surface area contributed by atoms with Gasteiger partial charge in [0.25, 0.3) is 0 Å². The third-order valence-electron chi connectivity index (χ3n) is 3.93. The van der Waals surface area contributed by atoms with Crippen molar-refractivity contribution in [2.45, 2.75) is 51.1 Å². The molecule has 0 aromatic rings. The minimum atomic E-state index is -0.184. The molecule has 1 aliphatic heterocycles. The summed E-state index contributed by atoms with van der Waals surface area (Å²) in [6.07, 6.45) is 9.72. The van der Waals surface area contributed by atoms with Gasteiger partial charge in [0.2, 0.25) is 0 Å². The second-order valence-electron chi connectivity index (χ2n) is 5.31. The number of nitrogens with one attached hydrogen (secondary N) is 1. The standard InChI is InChI=1S/C15H25NO3/c1-2-19-15(17)14(12-8-10-18-11-9-12)16-13-6-4-3-5-7-13/h4,6,12-14,16H,2-3,5,7-11H2,1H3/t13-,14+/m0/s1. The summed E-state index contributed by atoms with van der Waals surface area (Å²) in [5, 5.41) is 3.49. The van der Waals surface area contributed by atoms with Gasteiger partial charge in [0.1, 0.15) is 6.04 Å². The van der Waals surface area contributed by atoms with Gasteiger partial charge in [-0.05, 0) is 44.9 Å². The minimum absolute atomic E-state index is 0.103. The van der Waals surface area contributed by atoms with E-state index in [1.54, 1.807) is 0 Å². The van der Waals surface area contributed by atoms with Gasteiger partial charge in [0.15, 0.2) is 0 Å². The predicted octanol–water partition coefficient (Wildman–Crippen LogP) is 2.04. The summed E-state index contributed by atoms with van der Waals surface area (Å²) in [5.41, 5.74) is 0. The highest BCUT2D eigenvalue weighted by atomic mass is 16.5. The van der Waals surface area contributed by atoms with Crippen molar-refractivity contribution in [2.75, 3.05) is 19.8 Å². The van der Waals surface area contributed by atoms with Gasteiger partial charge in [-0.25, -0.2) is 0 Å². The van der Waals surface area contributed by atoms with Crippen molar-refractivity contribution in [3.63, 3.8) is 0 Å². The van der Waals surface area contributed by atoms with E-state index in [0.717, 1.165) is 38.9 Å². The summed E-state index contributed by atoms with van der Waals surface area (Å²) < 4.78 is 10.6. The topological polar surface area (TPSA) is 47.6 Å². The zero-order chi connectivity index (χ0) is 13.5. The third kappa shape index (κ3) is 4.32. The molecule has 2 rings (SSSR count). The van der Waals surface area contributed by atoms with E-state index in [0.29, 0.717) is 18.6 Å². The van der Waals surface area contributed by atoms with Crippen LogP contribution in [0.15, 0.2) is 12.2 Å². The highest BCUT2D eigenvalue weighted by Crippen LogP contribution is 2.22. The number of ether oxygens (including phenoxy) is 2. The van der Waals surface area contributed by atoms with Gasteiger partial charge >= 0.3 is 5.97 Å². The fourth-order valence-corrected chi connectivity index (χ4v) is 2.86. The van der Waals surface area contributed by atoms with Crippen molar-refractivity contribution in [1.29, 1.82) is 0 Å². The molecule has 108 valence electrons. The highest BCUT2D eigenvalue weighted by Gasteiger charge is 2.32. The lowest BCUT2D eigenvalue weighted by Gasteiger charge is -2.32. The molecule has 0 aromatic carbocycles. The predicted molar refractivity (Wildman–Crippen MR) is 73.9 cm³/mol. The van der Waals surface area contributed by atoms with Crippen LogP contribution in [0.25, 0.3) is 0 Å². The first-order valence-corrected chi connectivity index (χ1v) is 7.48. The van der Waals surface area contributed by atoms with Crippen LogP contribution < -0.4 is 5.32 Å². The Bertz CT molecular complexity index is 311. The maximum Gasteiger partial charge on any atom is 0.323 e. The van der Waals surface area contributed by atoms with Crippen molar-refractivity contribution in [3.05, 3.63) is 12.2 Å². The summed E-state index contributed by atoms with van der Waals surface area (Å²) in [6.45, 7) is 3.81. The molecule has 0 radical (unpaired) electrons. The molecule has 19 heavy (non-hydrogen) atoms. The second kappa shape index (κ2) is 7.65. The smallest absolute Gasteiger partial charge is 0.323 e. The summed E-state index contributed by atoms with van der Waals surface area (Å²) in [5.74, 6) is 0.233. The molecule has 1 aliphatic carbocycles. The van der Waals surface area contributed by atoms with Gasteiger partial charge in [-0.2, -0.15) is 0 Å². The van der Waals surface area contributed by atoms with Crippen molar-refractivity contribution in [2.24, 2.45) is 5.92 Å². The third-order valence-corrected chi connectivity index (χ3v) is 3.93. The number of hydrogen-bond acceptors (Lipinski definition) is 4. The molecule has 2 atom stereocenters. The molecule has 2 aliphatic rings. The van der Waals surface area contributed by atoms with E-state index in [1.807, 2.05) is 6.92 Å². The van der Waals surface area contributed by atoms with Gasteiger partial charge in [0.05, 0.1) is 6.61 Å². The fourth-order valence-electron chi connectivity index (χ4n) is 2.86. The molecule has 0 unspecified atom stereocenters. The molecule has 0 spiro atoms. The van der Waals surface area contributed by atoms with Gasteiger partial charge in [-0.3, -0.25) is 10.1 Å². The van der Waals surface area contributed by atoms with Crippen LogP contribution in [0.1, 0.15) is 39.0 Å². The highest BCUT2D eigenvalue weighted by molar-refractivity contribution is 5.76. The Morgan fingerprint density at radius 3 is 2.84 bits per heavy atom. The molecule has 1 fully saturated rings. The molecule has 1 saturated heterocycles. The SMILES string of the molecule is CCOC(=O)[C@H](N[C@H]1C=CCCC1)C1CCOCC1. The van der Waals surface area contributed by atoms with Crippen LogP contribution >= 0.6 is 0 Å². The quantitative estimate of drug-likeness (QED) is 0.612. The number of esters is 1. The van der Waals surface area contributed by atoms with Crippen LogP contribution in [0.2, 0.25) is 0 Å². The normalized spacial score (nSPS) is 26.1. The molecule has 0 aromatic heterocycles. The molecular weight excluding hydrogens is 242 g/mol. The molecule has 0 amide bonds. The second-order valence-corrected chi connectivity index (χ2v) is 5.31. The Hall–Kier alpha value is -0.870. The average molecular weight is 267 g/mol.